The lowest BCUT2D eigenvalue weighted by Crippen LogP contribution is -2.33. The molecule has 2 N–H and O–H groups in total. The van der Waals surface area contributed by atoms with Crippen LogP contribution in [0.5, 0.6) is 0 Å². The zero-order valence-electron chi connectivity index (χ0n) is 15.1. The van der Waals surface area contributed by atoms with Gasteiger partial charge in [-0.1, -0.05) is 0 Å². The van der Waals surface area contributed by atoms with Crippen molar-refractivity contribution in [1.82, 2.24) is 9.80 Å². The number of aliphatic hydroxyl groups excluding tert-OH is 2. The first-order valence-corrected chi connectivity index (χ1v) is 9.70. The van der Waals surface area contributed by atoms with Gasteiger partial charge in [0.05, 0.1) is 25.4 Å². The Bertz CT molecular complexity index is 277. The van der Waals surface area contributed by atoms with E-state index < -0.39 is 0 Å². The third-order valence-electron chi connectivity index (χ3n) is 4.78. The van der Waals surface area contributed by atoms with Gasteiger partial charge in [-0.15, -0.1) is 0 Å². The van der Waals surface area contributed by atoms with Gasteiger partial charge in [-0.3, -0.25) is 0 Å². The van der Waals surface area contributed by atoms with Crippen molar-refractivity contribution >= 4 is 0 Å². The van der Waals surface area contributed by atoms with E-state index in [0.29, 0.717) is 26.4 Å². The molecule has 2 rings (SSSR count). The number of aliphatic hydroxyl groups is 2. The topological polar surface area (TPSA) is 65.4 Å². The minimum Gasteiger partial charge on any atom is -0.389 e. The van der Waals surface area contributed by atoms with Gasteiger partial charge in [-0.25, -0.2) is 0 Å². The third kappa shape index (κ3) is 8.74. The summed E-state index contributed by atoms with van der Waals surface area (Å²) in [5.41, 5.74) is 0. The number of rotatable bonds is 13. The van der Waals surface area contributed by atoms with Crippen molar-refractivity contribution in [2.24, 2.45) is 0 Å². The van der Waals surface area contributed by atoms with E-state index in [1.165, 1.54) is 25.7 Å². The molecule has 6 heteroatoms. The van der Waals surface area contributed by atoms with Gasteiger partial charge < -0.3 is 29.5 Å². The van der Waals surface area contributed by atoms with Gasteiger partial charge in [0.2, 0.25) is 0 Å². The molecule has 2 unspecified atom stereocenters. The van der Waals surface area contributed by atoms with E-state index in [9.17, 15) is 10.2 Å². The molecular formula is C18H36N2O4. The maximum atomic E-state index is 9.91. The average Bonchev–Trinajstić information content (AvgIpc) is 3.23. The Morgan fingerprint density at radius 1 is 0.667 bits per heavy atom. The van der Waals surface area contributed by atoms with Crippen molar-refractivity contribution in [3.8, 4) is 0 Å². The number of hydrogen-bond acceptors (Lipinski definition) is 6. The van der Waals surface area contributed by atoms with Crippen LogP contribution in [-0.4, -0.2) is 97.9 Å². The van der Waals surface area contributed by atoms with Gasteiger partial charge >= 0.3 is 0 Å². The summed E-state index contributed by atoms with van der Waals surface area (Å²) in [6.07, 6.45) is 6.11. The SMILES string of the molecule is OC(COCCCCOCC(O)CN1CCCC1)CN1CCCC1. The Labute approximate surface area is 146 Å². The molecule has 0 aromatic rings. The molecule has 2 heterocycles. The summed E-state index contributed by atoms with van der Waals surface area (Å²) in [5.74, 6) is 0. The van der Waals surface area contributed by atoms with Crippen molar-refractivity contribution in [3.05, 3.63) is 0 Å². The summed E-state index contributed by atoms with van der Waals surface area (Å²) in [6.45, 7) is 8.08. The maximum Gasteiger partial charge on any atom is 0.0900 e. The fraction of sp³-hybridized carbons (Fsp3) is 1.00. The molecule has 6 nitrogen and oxygen atoms in total. The lowest BCUT2D eigenvalue weighted by molar-refractivity contribution is 0.00754. The first-order chi connectivity index (χ1) is 11.7. The Balaban J connectivity index is 1.33. The molecule has 0 aromatic carbocycles. The van der Waals surface area contributed by atoms with Gasteiger partial charge in [-0.2, -0.15) is 0 Å². The molecule has 0 aliphatic carbocycles. The van der Waals surface area contributed by atoms with E-state index in [1.807, 2.05) is 0 Å². The monoisotopic (exact) mass is 344 g/mol. The predicted octanol–water partition coefficient (Wildman–Crippen LogP) is 0.713. The summed E-state index contributed by atoms with van der Waals surface area (Å²) in [7, 11) is 0. The van der Waals surface area contributed by atoms with Crippen LogP contribution < -0.4 is 0 Å². The van der Waals surface area contributed by atoms with Gasteiger partial charge in [0.25, 0.3) is 0 Å². The molecule has 0 amide bonds. The molecule has 2 aliphatic rings. The number of nitrogens with zero attached hydrogens (tertiary/aromatic N) is 2. The summed E-state index contributed by atoms with van der Waals surface area (Å²) >= 11 is 0. The molecule has 24 heavy (non-hydrogen) atoms. The first-order valence-electron chi connectivity index (χ1n) is 9.70. The summed E-state index contributed by atoms with van der Waals surface area (Å²) in [4.78, 5) is 4.60. The maximum absolute atomic E-state index is 9.91. The quantitative estimate of drug-likeness (QED) is 0.480. The van der Waals surface area contributed by atoms with E-state index in [2.05, 4.69) is 9.80 Å². The molecule has 2 atom stereocenters. The molecule has 2 fully saturated rings. The molecule has 0 bridgehead atoms. The third-order valence-corrected chi connectivity index (χ3v) is 4.78. The Hall–Kier alpha value is -0.240. The number of ether oxygens (including phenoxy) is 2. The van der Waals surface area contributed by atoms with Crippen LogP contribution in [0.3, 0.4) is 0 Å². The zero-order chi connectivity index (χ0) is 17.0. The minimum absolute atomic E-state index is 0.375. The van der Waals surface area contributed by atoms with Crippen LogP contribution in [0.4, 0.5) is 0 Å². The Morgan fingerprint density at radius 3 is 1.42 bits per heavy atom. The number of β-amino-alcohol motifs (C(OH)–C–C–N with tert-alkyl or cyclic N) is 2. The van der Waals surface area contributed by atoms with Crippen LogP contribution in [0.2, 0.25) is 0 Å². The second-order valence-electron chi connectivity index (χ2n) is 7.18. The number of likely N-dealkylation sites (tertiary alicyclic amines) is 2. The van der Waals surface area contributed by atoms with E-state index >= 15 is 0 Å². The van der Waals surface area contributed by atoms with E-state index in [0.717, 1.165) is 52.1 Å². The molecular weight excluding hydrogens is 308 g/mol. The first kappa shape index (κ1) is 20.1. The van der Waals surface area contributed by atoms with Crippen molar-refractivity contribution in [2.45, 2.75) is 50.7 Å². The van der Waals surface area contributed by atoms with Gasteiger partial charge in [0.15, 0.2) is 0 Å². The molecule has 2 aliphatic heterocycles. The van der Waals surface area contributed by atoms with Gasteiger partial charge in [0.1, 0.15) is 0 Å². The molecule has 0 aromatic heterocycles. The average molecular weight is 344 g/mol. The summed E-state index contributed by atoms with van der Waals surface area (Å²) in [5, 5.41) is 19.8. The highest BCUT2D eigenvalue weighted by Crippen LogP contribution is 2.08. The van der Waals surface area contributed by atoms with Crippen LogP contribution in [-0.2, 0) is 9.47 Å². The molecule has 0 spiro atoms. The zero-order valence-corrected chi connectivity index (χ0v) is 15.1. The molecule has 0 saturated carbocycles. The largest absolute Gasteiger partial charge is 0.389 e. The van der Waals surface area contributed by atoms with Crippen molar-refractivity contribution < 1.29 is 19.7 Å². The van der Waals surface area contributed by atoms with Gasteiger partial charge in [-0.05, 0) is 64.7 Å². The van der Waals surface area contributed by atoms with Crippen LogP contribution in [0.15, 0.2) is 0 Å². The van der Waals surface area contributed by atoms with Crippen LogP contribution >= 0.6 is 0 Å². The van der Waals surface area contributed by atoms with E-state index in [1.54, 1.807) is 0 Å². The van der Waals surface area contributed by atoms with Crippen molar-refractivity contribution in [1.29, 1.82) is 0 Å². The molecule has 142 valence electrons. The standard InChI is InChI=1S/C18H36N2O4/c21-17(13-19-7-1-2-8-19)15-23-11-5-6-12-24-16-18(22)14-20-9-3-4-10-20/h17-18,21-22H,1-16H2. The smallest absolute Gasteiger partial charge is 0.0900 e. The second kappa shape index (κ2) is 12.2. The Kier molecular flexibility index (Phi) is 10.2. The second-order valence-corrected chi connectivity index (χ2v) is 7.18. The van der Waals surface area contributed by atoms with Crippen LogP contribution in [0.1, 0.15) is 38.5 Å². The highest BCUT2D eigenvalue weighted by Gasteiger charge is 2.16. The van der Waals surface area contributed by atoms with Crippen LogP contribution in [0, 0.1) is 0 Å². The molecule has 0 radical (unpaired) electrons. The van der Waals surface area contributed by atoms with Crippen LogP contribution in [0.25, 0.3) is 0 Å². The molecule has 2 saturated heterocycles. The summed E-state index contributed by atoms with van der Waals surface area (Å²) < 4.78 is 11.1. The van der Waals surface area contributed by atoms with E-state index in [4.69, 9.17) is 9.47 Å². The lowest BCUT2D eigenvalue weighted by atomic mass is 10.3. The lowest BCUT2D eigenvalue weighted by Gasteiger charge is -2.19. The normalized spacial score (nSPS) is 22.2. The Morgan fingerprint density at radius 2 is 1.04 bits per heavy atom. The fourth-order valence-electron chi connectivity index (χ4n) is 3.48. The highest BCUT2D eigenvalue weighted by atomic mass is 16.5. The number of unbranched alkanes of at least 4 members (excludes halogenated alkanes) is 1. The highest BCUT2D eigenvalue weighted by molar-refractivity contribution is 4.70. The van der Waals surface area contributed by atoms with Crippen molar-refractivity contribution in [2.75, 3.05) is 65.7 Å². The number of hydrogen-bond donors (Lipinski definition) is 2. The van der Waals surface area contributed by atoms with Gasteiger partial charge in [0, 0.05) is 26.3 Å². The minimum atomic E-state index is -0.375. The fourth-order valence-corrected chi connectivity index (χ4v) is 3.48. The van der Waals surface area contributed by atoms with E-state index in [-0.39, 0.29) is 12.2 Å². The van der Waals surface area contributed by atoms with Crippen molar-refractivity contribution in [3.63, 3.8) is 0 Å². The predicted molar refractivity (Wildman–Crippen MR) is 94.2 cm³/mol. The summed E-state index contributed by atoms with van der Waals surface area (Å²) in [6, 6.07) is 0.